The summed E-state index contributed by atoms with van der Waals surface area (Å²) in [5.41, 5.74) is 0. The molecule has 46 heavy (non-hydrogen) atoms. The van der Waals surface area contributed by atoms with Crippen LogP contribution in [-0.4, -0.2) is 18.0 Å². The molecule has 0 unspecified atom stereocenters. The fourth-order valence-electron chi connectivity index (χ4n) is 7.27. The molecule has 266 valence electrons. The first-order valence-electron chi connectivity index (χ1n) is 20.6. The number of rotatable bonds is 30. The molecular weight excluding hydrogens is 560 g/mol. The topological polar surface area (TPSA) is 18.5 Å². The van der Waals surface area contributed by atoms with Gasteiger partial charge in [0.1, 0.15) is 0 Å². The van der Waals surface area contributed by atoms with Gasteiger partial charge in [0.05, 0.1) is 12.2 Å². The van der Waals surface area contributed by atoms with Crippen LogP contribution in [0.15, 0.2) is 48.6 Å². The molecule has 2 rings (SSSR count). The van der Waals surface area contributed by atoms with Gasteiger partial charge in [-0.2, -0.15) is 0 Å². The Hall–Kier alpha value is -1.12. The Balaban J connectivity index is 1.53. The average Bonchev–Trinajstić information content (AvgIpc) is 3.41. The second-order valence-corrected chi connectivity index (χ2v) is 14.8. The Bertz CT molecular complexity index is 744. The molecule has 0 radical (unpaired) electrons. The summed E-state index contributed by atoms with van der Waals surface area (Å²) in [6, 6.07) is 0. The average molecular weight is 639 g/mol. The summed E-state index contributed by atoms with van der Waals surface area (Å²) in [5, 5.41) is 0. The normalized spacial score (nSPS) is 21.5. The Morgan fingerprint density at radius 3 is 1.30 bits per heavy atom. The van der Waals surface area contributed by atoms with Gasteiger partial charge in [-0.15, -0.1) is 0 Å². The highest BCUT2D eigenvalue weighted by atomic mass is 16.8. The Labute approximate surface area is 288 Å². The Morgan fingerprint density at radius 1 is 0.457 bits per heavy atom. The summed E-state index contributed by atoms with van der Waals surface area (Å²) in [5.74, 6) is 0.494. The predicted molar refractivity (Wildman–Crippen MR) is 203 cm³/mol. The zero-order valence-corrected chi connectivity index (χ0v) is 31.2. The van der Waals surface area contributed by atoms with E-state index in [0.717, 1.165) is 31.6 Å². The first-order chi connectivity index (χ1) is 22.7. The van der Waals surface area contributed by atoms with E-state index in [-0.39, 0.29) is 5.79 Å². The second-order valence-electron chi connectivity index (χ2n) is 14.8. The molecule has 2 heteroatoms. The summed E-state index contributed by atoms with van der Waals surface area (Å²) in [6.07, 6.45) is 56.7. The lowest BCUT2D eigenvalue weighted by atomic mass is 9.87. The molecular formula is C44H78O2. The van der Waals surface area contributed by atoms with Gasteiger partial charge in [-0.25, -0.2) is 0 Å². The van der Waals surface area contributed by atoms with Gasteiger partial charge in [0.25, 0.3) is 0 Å². The molecule has 0 aromatic carbocycles. The van der Waals surface area contributed by atoms with Crippen molar-refractivity contribution in [3.63, 3.8) is 0 Å². The minimum Gasteiger partial charge on any atom is -0.344 e. The molecule has 1 saturated carbocycles. The summed E-state index contributed by atoms with van der Waals surface area (Å²) in [7, 11) is 0. The molecule has 1 saturated heterocycles. The van der Waals surface area contributed by atoms with Crippen molar-refractivity contribution < 1.29 is 9.47 Å². The lowest BCUT2D eigenvalue weighted by Crippen LogP contribution is -2.31. The van der Waals surface area contributed by atoms with Gasteiger partial charge >= 0.3 is 0 Å². The number of hydrogen-bond donors (Lipinski definition) is 0. The number of hydrogen-bond acceptors (Lipinski definition) is 2. The summed E-state index contributed by atoms with van der Waals surface area (Å²) in [4.78, 5) is 0. The van der Waals surface area contributed by atoms with E-state index < -0.39 is 0 Å². The van der Waals surface area contributed by atoms with E-state index in [1.165, 1.54) is 161 Å². The van der Waals surface area contributed by atoms with Crippen LogP contribution in [0.2, 0.25) is 0 Å². The van der Waals surface area contributed by atoms with Gasteiger partial charge in [0.2, 0.25) is 0 Å². The van der Waals surface area contributed by atoms with Crippen LogP contribution in [0.25, 0.3) is 0 Å². The summed E-state index contributed by atoms with van der Waals surface area (Å²) < 4.78 is 13.6. The Kier molecular flexibility index (Phi) is 25.7. The molecule has 1 heterocycles. The first-order valence-corrected chi connectivity index (χ1v) is 20.6. The zero-order valence-electron chi connectivity index (χ0n) is 31.2. The van der Waals surface area contributed by atoms with Gasteiger partial charge in [-0.3, -0.25) is 0 Å². The molecule has 0 spiro atoms. The number of allylic oxidation sites excluding steroid dienone is 8. The number of ether oxygens (including phenoxy) is 2. The van der Waals surface area contributed by atoms with Crippen LogP contribution in [0.3, 0.4) is 0 Å². The van der Waals surface area contributed by atoms with Crippen LogP contribution in [0, 0.1) is 5.92 Å². The van der Waals surface area contributed by atoms with E-state index in [0.29, 0.717) is 12.2 Å². The lowest BCUT2D eigenvalue weighted by Gasteiger charge is -2.28. The standard InChI is InChI=1S/C44H78O2/c1-4-6-8-10-12-14-16-18-20-22-24-26-28-30-32-34-38-44(45-42-37-36-41(3)40-43(42)46-44)39-35-33-31-29-27-25-23-21-19-17-15-13-11-9-7-5-2/h12-15,18-21,41-43H,4-11,16-17,22-40H2,1-3H3/b14-12-,15-13-,20-18-,21-19-/t41-,42+,43-/m1/s1. The van der Waals surface area contributed by atoms with E-state index in [1.54, 1.807) is 0 Å². The minimum atomic E-state index is -0.288. The minimum absolute atomic E-state index is 0.288. The molecule has 1 aliphatic carbocycles. The van der Waals surface area contributed by atoms with Crippen molar-refractivity contribution in [1.82, 2.24) is 0 Å². The molecule has 0 aromatic heterocycles. The van der Waals surface area contributed by atoms with Crippen molar-refractivity contribution >= 4 is 0 Å². The van der Waals surface area contributed by atoms with Crippen LogP contribution in [0.5, 0.6) is 0 Å². The largest absolute Gasteiger partial charge is 0.344 e. The van der Waals surface area contributed by atoms with E-state index in [1.807, 2.05) is 0 Å². The van der Waals surface area contributed by atoms with E-state index >= 15 is 0 Å². The first kappa shape index (κ1) is 41.1. The van der Waals surface area contributed by atoms with Crippen molar-refractivity contribution in [3.05, 3.63) is 48.6 Å². The molecule has 2 aliphatic rings. The monoisotopic (exact) mass is 639 g/mol. The predicted octanol–water partition coefficient (Wildman–Crippen LogP) is 14.7. The van der Waals surface area contributed by atoms with Crippen molar-refractivity contribution in [1.29, 1.82) is 0 Å². The van der Waals surface area contributed by atoms with E-state index in [2.05, 4.69) is 69.4 Å². The fourth-order valence-corrected chi connectivity index (χ4v) is 7.27. The summed E-state index contributed by atoms with van der Waals surface area (Å²) in [6.45, 7) is 6.94. The summed E-state index contributed by atoms with van der Waals surface area (Å²) >= 11 is 0. The highest BCUT2D eigenvalue weighted by molar-refractivity contribution is 4.94. The maximum atomic E-state index is 6.82. The molecule has 0 N–H and O–H groups in total. The third kappa shape index (κ3) is 21.0. The van der Waals surface area contributed by atoms with E-state index in [4.69, 9.17) is 9.47 Å². The Morgan fingerprint density at radius 2 is 0.848 bits per heavy atom. The fraction of sp³-hybridized carbons (Fsp3) is 0.818. The van der Waals surface area contributed by atoms with Gasteiger partial charge in [-0.05, 0) is 102 Å². The zero-order chi connectivity index (χ0) is 32.8. The van der Waals surface area contributed by atoms with Gasteiger partial charge < -0.3 is 9.47 Å². The van der Waals surface area contributed by atoms with E-state index in [9.17, 15) is 0 Å². The van der Waals surface area contributed by atoms with Crippen LogP contribution in [0.4, 0.5) is 0 Å². The second kappa shape index (κ2) is 28.9. The SMILES string of the molecule is CCCCC/C=C\C/C=C\CCCCCCCCC1(CCCCCCCC/C=C\C/C=C\CCCCC)O[C@H]2CC[C@@H](C)C[C@H]2O1. The lowest BCUT2D eigenvalue weighted by molar-refractivity contribution is -0.186. The van der Waals surface area contributed by atoms with Gasteiger partial charge in [0, 0.05) is 12.8 Å². The third-order valence-corrected chi connectivity index (χ3v) is 10.2. The smallest absolute Gasteiger partial charge is 0.169 e. The van der Waals surface area contributed by atoms with Gasteiger partial charge in [0.15, 0.2) is 5.79 Å². The molecule has 2 nitrogen and oxygen atoms in total. The highest BCUT2D eigenvalue weighted by Gasteiger charge is 2.48. The van der Waals surface area contributed by atoms with Crippen molar-refractivity contribution in [2.75, 3.05) is 0 Å². The van der Waals surface area contributed by atoms with Crippen molar-refractivity contribution in [2.24, 2.45) is 5.92 Å². The maximum Gasteiger partial charge on any atom is 0.169 e. The van der Waals surface area contributed by atoms with Crippen LogP contribution < -0.4 is 0 Å². The number of fused-ring (bicyclic) bond motifs is 1. The van der Waals surface area contributed by atoms with Crippen molar-refractivity contribution in [3.8, 4) is 0 Å². The molecule has 0 amide bonds. The number of unbranched alkanes of at least 4 members (excludes halogenated alkanes) is 18. The van der Waals surface area contributed by atoms with Crippen LogP contribution >= 0.6 is 0 Å². The van der Waals surface area contributed by atoms with Crippen LogP contribution in [-0.2, 0) is 9.47 Å². The van der Waals surface area contributed by atoms with Gasteiger partial charge in [-0.1, -0.05) is 146 Å². The highest BCUT2D eigenvalue weighted by Crippen LogP contribution is 2.44. The molecule has 2 fully saturated rings. The van der Waals surface area contributed by atoms with Crippen molar-refractivity contribution in [2.45, 2.75) is 225 Å². The van der Waals surface area contributed by atoms with Crippen LogP contribution in [0.1, 0.15) is 207 Å². The third-order valence-electron chi connectivity index (χ3n) is 10.2. The molecule has 3 atom stereocenters. The molecule has 0 aromatic rings. The molecule has 1 aliphatic heterocycles. The quantitative estimate of drug-likeness (QED) is 0.0575. The molecule has 0 bridgehead atoms. The maximum absolute atomic E-state index is 6.82.